The SMILES string of the molecule is C/C=C1/N=C(C)C=C(N2C3CCC2COC3)N1NC. The molecule has 3 aliphatic rings. The van der Waals surface area contributed by atoms with Crippen molar-refractivity contribution in [2.45, 2.75) is 38.8 Å². The molecule has 3 rings (SSSR count). The van der Waals surface area contributed by atoms with Gasteiger partial charge in [-0.25, -0.2) is 15.4 Å². The van der Waals surface area contributed by atoms with Crippen molar-refractivity contribution in [3.63, 3.8) is 0 Å². The lowest BCUT2D eigenvalue weighted by molar-refractivity contribution is -0.0130. The van der Waals surface area contributed by atoms with E-state index in [0.717, 1.165) is 24.7 Å². The summed E-state index contributed by atoms with van der Waals surface area (Å²) in [4.78, 5) is 7.09. The third-order valence-electron chi connectivity index (χ3n) is 4.07. The molecule has 5 heteroatoms. The molecular formula is C14H22N4O. The molecule has 1 N–H and O–H groups in total. The Kier molecular flexibility index (Phi) is 3.33. The lowest BCUT2D eigenvalue weighted by Crippen LogP contribution is -2.52. The smallest absolute Gasteiger partial charge is 0.144 e. The first kappa shape index (κ1) is 12.7. The minimum absolute atomic E-state index is 0.504. The Morgan fingerprint density at radius 2 is 2.05 bits per heavy atom. The zero-order chi connectivity index (χ0) is 13.4. The number of rotatable bonds is 2. The van der Waals surface area contributed by atoms with Crippen LogP contribution in [-0.4, -0.2) is 48.0 Å². The van der Waals surface area contributed by atoms with E-state index >= 15 is 0 Å². The Morgan fingerprint density at radius 1 is 1.37 bits per heavy atom. The average molecular weight is 262 g/mol. The van der Waals surface area contributed by atoms with Gasteiger partial charge in [0.05, 0.1) is 25.3 Å². The summed E-state index contributed by atoms with van der Waals surface area (Å²) in [5.74, 6) is 2.17. The van der Waals surface area contributed by atoms with Gasteiger partial charge in [0, 0.05) is 18.8 Å². The molecule has 2 fully saturated rings. The molecule has 2 unspecified atom stereocenters. The first-order valence-electron chi connectivity index (χ1n) is 7.01. The van der Waals surface area contributed by atoms with E-state index in [1.165, 1.54) is 18.7 Å². The van der Waals surface area contributed by atoms with Crippen LogP contribution in [0.1, 0.15) is 26.7 Å². The van der Waals surface area contributed by atoms with Gasteiger partial charge < -0.3 is 9.64 Å². The molecule has 0 amide bonds. The molecule has 0 saturated carbocycles. The zero-order valence-corrected chi connectivity index (χ0v) is 11.9. The Labute approximate surface area is 114 Å². The molecule has 5 nitrogen and oxygen atoms in total. The predicted octanol–water partition coefficient (Wildman–Crippen LogP) is 1.46. The van der Waals surface area contributed by atoms with Crippen molar-refractivity contribution in [2.24, 2.45) is 4.99 Å². The lowest BCUT2D eigenvalue weighted by Gasteiger charge is -2.43. The van der Waals surface area contributed by atoms with Gasteiger partial charge >= 0.3 is 0 Å². The van der Waals surface area contributed by atoms with Gasteiger partial charge in [0.2, 0.25) is 0 Å². The minimum atomic E-state index is 0.504. The normalized spacial score (nSPS) is 32.7. The number of morpholine rings is 1. The molecule has 0 aromatic heterocycles. The highest BCUT2D eigenvalue weighted by atomic mass is 16.5. The molecule has 0 aliphatic carbocycles. The summed E-state index contributed by atoms with van der Waals surface area (Å²) in [7, 11) is 1.94. The Balaban J connectivity index is 1.96. The standard InChI is InChI=1S/C14H22N4O/c1-4-13-16-10(2)7-14(18(13)15-3)17-11-5-6-12(17)9-19-8-11/h4,7,11-12,15H,5-6,8-9H2,1-3H3/b13-4-. The van der Waals surface area contributed by atoms with Crippen LogP contribution in [0.15, 0.2) is 28.8 Å². The molecule has 2 atom stereocenters. The largest absolute Gasteiger partial charge is 0.377 e. The minimum Gasteiger partial charge on any atom is -0.377 e. The summed E-state index contributed by atoms with van der Waals surface area (Å²) in [5.41, 5.74) is 4.30. The molecule has 0 radical (unpaired) electrons. The van der Waals surface area contributed by atoms with Crippen LogP contribution in [0.25, 0.3) is 0 Å². The van der Waals surface area contributed by atoms with E-state index in [0.29, 0.717) is 12.1 Å². The van der Waals surface area contributed by atoms with Crippen LogP contribution in [0.4, 0.5) is 0 Å². The van der Waals surface area contributed by atoms with Gasteiger partial charge in [0.15, 0.2) is 0 Å². The number of hydrogen-bond donors (Lipinski definition) is 1. The molecule has 3 aliphatic heterocycles. The number of nitrogens with zero attached hydrogens (tertiary/aromatic N) is 3. The quantitative estimate of drug-likeness (QED) is 0.818. The molecule has 19 heavy (non-hydrogen) atoms. The van der Waals surface area contributed by atoms with Crippen molar-refractivity contribution in [2.75, 3.05) is 20.3 Å². The number of aliphatic imine (C=N–C) groups is 1. The summed E-state index contributed by atoms with van der Waals surface area (Å²) < 4.78 is 5.67. The number of fused-ring (bicyclic) bond motifs is 2. The summed E-state index contributed by atoms with van der Waals surface area (Å²) in [6, 6.07) is 1.01. The maximum Gasteiger partial charge on any atom is 0.144 e. The van der Waals surface area contributed by atoms with E-state index in [9.17, 15) is 0 Å². The summed E-state index contributed by atoms with van der Waals surface area (Å²) in [6.45, 7) is 5.76. The molecular weight excluding hydrogens is 240 g/mol. The monoisotopic (exact) mass is 262 g/mol. The number of nitrogens with one attached hydrogen (secondary N) is 1. The van der Waals surface area contributed by atoms with Gasteiger partial charge in [-0.3, -0.25) is 0 Å². The molecule has 0 spiro atoms. The molecule has 0 aromatic carbocycles. The fraction of sp³-hybridized carbons (Fsp3) is 0.643. The second-order valence-corrected chi connectivity index (χ2v) is 5.29. The van der Waals surface area contributed by atoms with Crippen molar-refractivity contribution in [3.05, 3.63) is 23.8 Å². The van der Waals surface area contributed by atoms with Crippen molar-refractivity contribution in [1.82, 2.24) is 15.3 Å². The van der Waals surface area contributed by atoms with Gasteiger partial charge in [-0.2, -0.15) is 0 Å². The summed E-state index contributed by atoms with van der Waals surface area (Å²) >= 11 is 0. The third kappa shape index (κ3) is 2.07. The second kappa shape index (κ2) is 4.98. The highest BCUT2D eigenvalue weighted by Gasteiger charge is 2.41. The van der Waals surface area contributed by atoms with Crippen molar-refractivity contribution in [3.8, 4) is 0 Å². The molecule has 2 saturated heterocycles. The highest BCUT2D eigenvalue weighted by Crippen LogP contribution is 2.35. The van der Waals surface area contributed by atoms with Gasteiger partial charge in [-0.05, 0) is 32.8 Å². The third-order valence-corrected chi connectivity index (χ3v) is 4.07. The maximum atomic E-state index is 5.67. The van der Waals surface area contributed by atoms with Crippen LogP contribution in [0.3, 0.4) is 0 Å². The van der Waals surface area contributed by atoms with Gasteiger partial charge in [-0.1, -0.05) is 0 Å². The summed E-state index contributed by atoms with van der Waals surface area (Å²) in [6.07, 6.45) is 6.65. The summed E-state index contributed by atoms with van der Waals surface area (Å²) in [5, 5.41) is 2.07. The molecule has 2 bridgehead atoms. The fourth-order valence-corrected chi connectivity index (χ4v) is 3.25. The number of ether oxygens (including phenoxy) is 1. The molecule has 104 valence electrons. The lowest BCUT2D eigenvalue weighted by atomic mass is 10.2. The van der Waals surface area contributed by atoms with Crippen LogP contribution in [-0.2, 0) is 4.74 Å². The Hall–Kier alpha value is -1.33. The van der Waals surface area contributed by atoms with Crippen molar-refractivity contribution >= 4 is 5.71 Å². The van der Waals surface area contributed by atoms with E-state index in [2.05, 4.69) is 33.3 Å². The molecule has 3 heterocycles. The number of hydrazine groups is 1. The topological polar surface area (TPSA) is 40.1 Å². The first-order valence-corrected chi connectivity index (χ1v) is 7.01. The predicted molar refractivity (Wildman–Crippen MR) is 75.3 cm³/mol. The van der Waals surface area contributed by atoms with Crippen LogP contribution < -0.4 is 5.43 Å². The zero-order valence-electron chi connectivity index (χ0n) is 11.9. The number of allylic oxidation sites excluding steroid dienone is 2. The van der Waals surface area contributed by atoms with E-state index < -0.39 is 0 Å². The first-order chi connectivity index (χ1) is 9.24. The van der Waals surface area contributed by atoms with Crippen molar-refractivity contribution in [1.29, 1.82) is 0 Å². The van der Waals surface area contributed by atoms with Gasteiger partial charge in [-0.15, -0.1) is 0 Å². The van der Waals surface area contributed by atoms with Crippen LogP contribution in [0, 0.1) is 0 Å². The Bertz CT molecular complexity index is 438. The van der Waals surface area contributed by atoms with Crippen LogP contribution >= 0.6 is 0 Å². The van der Waals surface area contributed by atoms with Crippen LogP contribution in [0.5, 0.6) is 0 Å². The van der Waals surface area contributed by atoms with E-state index in [1.807, 2.05) is 20.0 Å². The van der Waals surface area contributed by atoms with Gasteiger partial charge in [0.25, 0.3) is 0 Å². The van der Waals surface area contributed by atoms with Crippen molar-refractivity contribution < 1.29 is 4.74 Å². The van der Waals surface area contributed by atoms with E-state index in [4.69, 9.17) is 4.74 Å². The highest BCUT2D eigenvalue weighted by molar-refractivity contribution is 5.94. The van der Waals surface area contributed by atoms with E-state index in [-0.39, 0.29) is 0 Å². The van der Waals surface area contributed by atoms with Crippen LogP contribution in [0.2, 0.25) is 0 Å². The van der Waals surface area contributed by atoms with E-state index in [1.54, 1.807) is 0 Å². The van der Waals surface area contributed by atoms with Gasteiger partial charge in [0.1, 0.15) is 11.6 Å². The fourth-order valence-electron chi connectivity index (χ4n) is 3.25. The maximum absolute atomic E-state index is 5.67. The Morgan fingerprint density at radius 3 is 2.63 bits per heavy atom. The molecule has 0 aromatic rings. The average Bonchev–Trinajstić information content (AvgIpc) is 2.66. The number of hydrogen-bond acceptors (Lipinski definition) is 5. The second-order valence-electron chi connectivity index (χ2n) is 5.29.